The molecule has 0 saturated carbocycles. The molecule has 0 bridgehead atoms. The minimum atomic E-state index is 0.624. The standard InChI is InChI=1S/C17H24N2/c1-3-11-19-16(4-2)10-9-15-13-18-12-14-7-5-6-8-17(14)15/h5-8,12-13,16,19H,3-4,9-11H2,1-2H3. The van der Waals surface area contributed by atoms with E-state index in [4.69, 9.17) is 0 Å². The van der Waals surface area contributed by atoms with Crippen molar-refractivity contribution in [3.05, 3.63) is 42.2 Å². The third kappa shape index (κ3) is 3.77. The van der Waals surface area contributed by atoms with Crippen LogP contribution >= 0.6 is 0 Å². The Balaban J connectivity index is 2.04. The van der Waals surface area contributed by atoms with Crippen LogP contribution in [0, 0.1) is 0 Å². The summed E-state index contributed by atoms with van der Waals surface area (Å²) < 4.78 is 0. The van der Waals surface area contributed by atoms with E-state index in [1.165, 1.54) is 35.6 Å². The fourth-order valence-corrected chi connectivity index (χ4v) is 2.51. The average molecular weight is 256 g/mol. The van der Waals surface area contributed by atoms with Gasteiger partial charge in [-0.3, -0.25) is 4.98 Å². The van der Waals surface area contributed by atoms with Gasteiger partial charge in [0.2, 0.25) is 0 Å². The lowest BCUT2D eigenvalue weighted by Gasteiger charge is -2.16. The number of nitrogens with one attached hydrogen (secondary N) is 1. The Morgan fingerprint density at radius 1 is 1.16 bits per heavy atom. The van der Waals surface area contributed by atoms with Crippen molar-refractivity contribution in [3.63, 3.8) is 0 Å². The van der Waals surface area contributed by atoms with E-state index in [-0.39, 0.29) is 0 Å². The molecule has 2 rings (SSSR count). The molecular formula is C17H24N2. The highest BCUT2D eigenvalue weighted by molar-refractivity contribution is 5.84. The molecule has 102 valence electrons. The molecule has 1 N–H and O–H groups in total. The van der Waals surface area contributed by atoms with Gasteiger partial charge in [-0.1, -0.05) is 38.1 Å². The monoisotopic (exact) mass is 256 g/mol. The second kappa shape index (κ2) is 7.25. The zero-order chi connectivity index (χ0) is 13.5. The zero-order valence-corrected chi connectivity index (χ0v) is 12.0. The van der Waals surface area contributed by atoms with Gasteiger partial charge in [0.1, 0.15) is 0 Å². The fraction of sp³-hybridized carbons (Fsp3) is 0.471. The van der Waals surface area contributed by atoms with Gasteiger partial charge in [-0.05, 0) is 43.2 Å². The quantitative estimate of drug-likeness (QED) is 0.811. The van der Waals surface area contributed by atoms with Crippen molar-refractivity contribution in [1.82, 2.24) is 10.3 Å². The van der Waals surface area contributed by atoms with Gasteiger partial charge in [-0.15, -0.1) is 0 Å². The number of aryl methyl sites for hydroxylation is 1. The summed E-state index contributed by atoms with van der Waals surface area (Å²) in [5.74, 6) is 0. The smallest absolute Gasteiger partial charge is 0.0346 e. The molecule has 0 saturated heterocycles. The van der Waals surface area contributed by atoms with Crippen molar-refractivity contribution in [2.24, 2.45) is 0 Å². The van der Waals surface area contributed by atoms with Crippen LogP contribution in [0.2, 0.25) is 0 Å². The molecule has 1 unspecified atom stereocenters. The number of fused-ring (bicyclic) bond motifs is 1. The Bertz CT molecular complexity index is 502. The summed E-state index contributed by atoms with van der Waals surface area (Å²) in [6.45, 7) is 5.59. The van der Waals surface area contributed by atoms with E-state index in [2.05, 4.69) is 48.4 Å². The summed E-state index contributed by atoms with van der Waals surface area (Å²) in [5.41, 5.74) is 1.37. The number of pyridine rings is 1. The molecule has 0 aliphatic carbocycles. The molecule has 0 spiro atoms. The van der Waals surface area contributed by atoms with E-state index in [0.717, 1.165) is 13.0 Å². The first-order valence-corrected chi connectivity index (χ1v) is 7.40. The van der Waals surface area contributed by atoms with E-state index in [1.54, 1.807) is 0 Å². The first-order chi connectivity index (χ1) is 9.35. The van der Waals surface area contributed by atoms with Gasteiger partial charge in [0.05, 0.1) is 0 Å². The summed E-state index contributed by atoms with van der Waals surface area (Å²) in [5, 5.41) is 6.21. The van der Waals surface area contributed by atoms with Crippen LogP contribution in [0.4, 0.5) is 0 Å². The molecule has 1 atom stereocenters. The SMILES string of the molecule is CCCNC(CC)CCc1cncc2ccccc12. The zero-order valence-electron chi connectivity index (χ0n) is 12.0. The van der Waals surface area contributed by atoms with Crippen LogP contribution in [0.3, 0.4) is 0 Å². The van der Waals surface area contributed by atoms with E-state index in [9.17, 15) is 0 Å². The Morgan fingerprint density at radius 3 is 2.79 bits per heavy atom. The first-order valence-electron chi connectivity index (χ1n) is 7.40. The lowest BCUT2D eigenvalue weighted by Crippen LogP contribution is -2.29. The number of benzene rings is 1. The molecule has 0 aliphatic heterocycles. The molecule has 1 aromatic heterocycles. The molecule has 19 heavy (non-hydrogen) atoms. The molecule has 0 aliphatic rings. The minimum Gasteiger partial charge on any atom is -0.314 e. The summed E-state index contributed by atoms with van der Waals surface area (Å²) in [6.07, 6.45) is 8.65. The molecule has 2 heteroatoms. The second-order valence-corrected chi connectivity index (χ2v) is 5.12. The third-order valence-corrected chi connectivity index (χ3v) is 3.69. The van der Waals surface area contributed by atoms with Crippen molar-refractivity contribution in [2.75, 3.05) is 6.54 Å². The predicted molar refractivity (Wildman–Crippen MR) is 82.4 cm³/mol. The van der Waals surface area contributed by atoms with Crippen molar-refractivity contribution in [2.45, 2.75) is 45.6 Å². The van der Waals surface area contributed by atoms with Gasteiger partial charge in [-0.2, -0.15) is 0 Å². The van der Waals surface area contributed by atoms with E-state index >= 15 is 0 Å². The largest absolute Gasteiger partial charge is 0.314 e. The molecule has 2 aromatic rings. The molecule has 0 fully saturated rings. The highest BCUT2D eigenvalue weighted by Gasteiger charge is 2.07. The highest BCUT2D eigenvalue weighted by atomic mass is 14.9. The van der Waals surface area contributed by atoms with Gasteiger partial charge in [0, 0.05) is 23.8 Å². The van der Waals surface area contributed by atoms with Crippen LogP contribution in [-0.4, -0.2) is 17.6 Å². The van der Waals surface area contributed by atoms with E-state index in [0.29, 0.717) is 6.04 Å². The summed E-state index contributed by atoms with van der Waals surface area (Å²) in [6, 6.07) is 9.15. The normalized spacial score (nSPS) is 12.7. The van der Waals surface area contributed by atoms with Crippen LogP contribution < -0.4 is 5.32 Å². The van der Waals surface area contributed by atoms with Gasteiger partial charge in [0.25, 0.3) is 0 Å². The number of hydrogen-bond acceptors (Lipinski definition) is 2. The minimum absolute atomic E-state index is 0.624. The van der Waals surface area contributed by atoms with Gasteiger partial charge in [0.15, 0.2) is 0 Å². The first kappa shape index (κ1) is 14.0. The summed E-state index contributed by atoms with van der Waals surface area (Å²) in [4.78, 5) is 4.36. The van der Waals surface area contributed by atoms with Crippen molar-refractivity contribution in [3.8, 4) is 0 Å². The lowest BCUT2D eigenvalue weighted by molar-refractivity contribution is 0.468. The lowest BCUT2D eigenvalue weighted by atomic mass is 10.0. The molecule has 1 heterocycles. The maximum absolute atomic E-state index is 4.36. The van der Waals surface area contributed by atoms with Crippen LogP contribution in [0.1, 0.15) is 38.7 Å². The van der Waals surface area contributed by atoms with Gasteiger partial charge in [-0.25, -0.2) is 0 Å². The molecule has 0 amide bonds. The van der Waals surface area contributed by atoms with E-state index in [1.807, 2.05) is 12.4 Å². The maximum Gasteiger partial charge on any atom is 0.0346 e. The van der Waals surface area contributed by atoms with Gasteiger partial charge < -0.3 is 5.32 Å². The van der Waals surface area contributed by atoms with Crippen molar-refractivity contribution >= 4 is 10.8 Å². The number of aromatic nitrogens is 1. The Kier molecular flexibility index (Phi) is 5.34. The Hall–Kier alpha value is -1.41. The van der Waals surface area contributed by atoms with Gasteiger partial charge >= 0.3 is 0 Å². The van der Waals surface area contributed by atoms with Crippen molar-refractivity contribution < 1.29 is 0 Å². The number of hydrogen-bond donors (Lipinski definition) is 1. The fourth-order valence-electron chi connectivity index (χ4n) is 2.51. The van der Waals surface area contributed by atoms with Crippen molar-refractivity contribution in [1.29, 1.82) is 0 Å². The second-order valence-electron chi connectivity index (χ2n) is 5.12. The van der Waals surface area contributed by atoms with Crippen LogP contribution in [0.15, 0.2) is 36.7 Å². The topological polar surface area (TPSA) is 24.9 Å². The predicted octanol–water partition coefficient (Wildman–Crippen LogP) is 3.95. The third-order valence-electron chi connectivity index (χ3n) is 3.69. The van der Waals surface area contributed by atoms with Crippen LogP contribution in [0.25, 0.3) is 10.8 Å². The maximum atomic E-state index is 4.36. The summed E-state index contributed by atoms with van der Waals surface area (Å²) >= 11 is 0. The van der Waals surface area contributed by atoms with E-state index < -0.39 is 0 Å². The average Bonchev–Trinajstić information content (AvgIpc) is 2.47. The Morgan fingerprint density at radius 2 is 2.00 bits per heavy atom. The number of rotatable bonds is 7. The molecule has 2 nitrogen and oxygen atoms in total. The molecular weight excluding hydrogens is 232 g/mol. The number of nitrogens with zero attached hydrogens (tertiary/aromatic N) is 1. The highest BCUT2D eigenvalue weighted by Crippen LogP contribution is 2.19. The molecule has 0 radical (unpaired) electrons. The van der Waals surface area contributed by atoms with Crippen LogP contribution in [0.5, 0.6) is 0 Å². The van der Waals surface area contributed by atoms with Crippen LogP contribution in [-0.2, 0) is 6.42 Å². The molecule has 1 aromatic carbocycles. The Labute approximate surface area is 116 Å². The summed E-state index contributed by atoms with van der Waals surface area (Å²) in [7, 11) is 0.